The number of halogens is 2. The van der Waals surface area contributed by atoms with Crippen molar-refractivity contribution in [1.29, 1.82) is 0 Å². The van der Waals surface area contributed by atoms with Crippen molar-refractivity contribution in [1.82, 2.24) is 0 Å². The molecule has 4 heteroatoms. The zero-order valence-electron chi connectivity index (χ0n) is 11.9. The lowest BCUT2D eigenvalue weighted by molar-refractivity contribution is -0.871. The fraction of sp³-hybridized carbons (Fsp3) is 1.00. The van der Waals surface area contributed by atoms with Gasteiger partial charge in [-0.2, -0.15) is 0 Å². The fourth-order valence-corrected chi connectivity index (χ4v) is 1.53. The largest absolute Gasteiger partial charge is 1.00 e. The monoisotopic (exact) mass is 460 g/mol. The Morgan fingerprint density at radius 3 is 1.06 bits per heavy atom. The Kier molecular flexibility index (Phi) is 14.5. The van der Waals surface area contributed by atoms with E-state index in [0.29, 0.717) is 0 Å². The number of unbranched alkanes of at least 4 members (excludes halogenated alkanes) is 3. The second-order valence-corrected chi connectivity index (χ2v) is 6.44. The van der Waals surface area contributed by atoms with Crippen LogP contribution in [0.1, 0.15) is 25.7 Å². The van der Waals surface area contributed by atoms with Crippen molar-refractivity contribution in [2.75, 3.05) is 55.4 Å². The second kappa shape index (κ2) is 10.3. The van der Waals surface area contributed by atoms with Crippen LogP contribution in [0.2, 0.25) is 0 Å². The normalized spacial score (nSPS) is 11.6. The maximum Gasteiger partial charge on any atom is 0.0780 e. The molecule has 0 spiro atoms. The highest BCUT2D eigenvalue weighted by atomic mass is 127. The highest BCUT2D eigenvalue weighted by Gasteiger charge is 2.07. The van der Waals surface area contributed by atoms with Crippen LogP contribution in [0.5, 0.6) is 0 Å². The van der Waals surface area contributed by atoms with Crippen LogP contribution in [0.3, 0.4) is 0 Å². The Morgan fingerprint density at radius 1 is 0.625 bits per heavy atom. The van der Waals surface area contributed by atoms with Crippen molar-refractivity contribution in [3.05, 3.63) is 0 Å². The molecule has 0 unspecified atom stereocenters. The van der Waals surface area contributed by atoms with Crippen molar-refractivity contribution < 1.29 is 56.9 Å². The predicted molar refractivity (Wildman–Crippen MR) is 64.3 cm³/mol. The van der Waals surface area contributed by atoms with E-state index in [1.165, 1.54) is 38.8 Å². The van der Waals surface area contributed by atoms with E-state index < -0.39 is 0 Å². The van der Waals surface area contributed by atoms with Gasteiger partial charge in [0.25, 0.3) is 0 Å². The molecule has 0 atom stereocenters. The topological polar surface area (TPSA) is 0 Å². The van der Waals surface area contributed by atoms with Crippen molar-refractivity contribution in [2.45, 2.75) is 25.7 Å². The van der Waals surface area contributed by atoms with Gasteiger partial charge in [-0.3, -0.25) is 0 Å². The summed E-state index contributed by atoms with van der Waals surface area (Å²) in [5, 5.41) is 0. The summed E-state index contributed by atoms with van der Waals surface area (Å²) in [4.78, 5) is 0. The highest BCUT2D eigenvalue weighted by molar-refractivity contribution is 4.42. The van der Waals surface area contributed by atoms with Gasteiger partial charge in [-0.1, -0.05) is 0 Å². The molecule has 0 saturated carbocycles. The molecule has 0 aliphatic rings. The predicted octanol–water partition coefficient (Wildman–Crippen LogP) is -4.03. The number of hydrogen-bond donors (Lipinski definition) is 0. The van der Waals surface area contributed by atoms with Crippen LogP contribution in [-0.2, 0) is 0 Å². The minimum Gasteiger partial charge on any atom is -1.00 e. The van der Waals surface area contributed by atoms with Gasteiger partial charge >= 0.3 is 0 Å². The third-order valence-corrected chi connectivity index (χ3v) is 2.41. The SMILES string of the molecule is C[N+](C)([14CH3])CCCCCC[N+](C)(C)[14CH3].[I-].[I-]. The molecule has 0 radical (unpaired) electrons. The highest BCUT2D eigenvalue weighted by Crippen LogP contribution is 2.05. The van der Waals surface area contributed by atoms with E-state index in [2.05, 4.69) is 42.3 Å². The minimum atomic E-state index is 0. The van der Waals surface area contributed by atoms with E-state index in [0.717, 1.165) is 8.97 Å². The van der Waals surface area contributed by atoms with E-state index in [9.17, 15) is 0 Å². The van der Waals surface area contributed by atoms with E-state index in [-0.39, 0.29) is 48.0 Å². The van der Waals surface area contributed by atoms with Crippen molar-refractivity contribution in [3.63, 3.8) is 0 Å². The van der Waals surface area contributed by atoms with Crippen LogP contribution in [0.4, 0.5) is 0 Å². The maximum atomic E-state index is 2.27. The first kappa shape index (κ1) is 22.6. The molecule has 0 aromatic heterocycles. The van der Waals surface area contributed by atoms with Crippen molar-refractivity contribution in [2.24, 2.45) is 0 Å². The van der Waals surface area contributed by atoms with Crippen LogP contribution in [0, 0.1) is 0 Å². The zero-order valence-corrected chi connectivity index (χ0v) is 16.2. The average Bonchev–Trinajstić information content (AvgIpc) is 1.92. The molecule has 0 aromatic rings. The Labute approximate surface area is 137 Å². The Hall–Kier alpha value is 1.38. The molecule has 0 amide bonds. The summed E-state index contributed by atoms with van der Waals surface area (Å²) in [5.41, 5.74) is 0. The molecule has 16 heavy (non-hydrogen) atoms. The third-order valence-electron chi connectivity index (χ3n) is 2.41. The first-order chi connectivity index (χ1) is 6.21. The minimum absolute atomic E-state index is 0. The van der Waals surface area contributed by atoms with E-state index in [1.807, 2.05) is 0 Å². The van der Waals surface area contributed by atoms with Gasteiger partial charge in [-0.15, -0.1) is 0 Å². The molecule has 0 fully saturated rings. The Bertz CT molecular complexity index is 130. The summed E-state index contributed by atoms with van der Waals surface area (Å²) < 4.78 is 2.21. The van der Waals surface area contributed by atoms with E-state index in [1.54, 1.807) is 0 Å². The summed E-state index contributed by atoms with van der Waals surface area (Å²) in [6, 6.07) is 0. The zero-order chi connectivity index (χ0) is 11.2. The summed E-state index contributed by atoms with van der Waals surface area (Å²) >= 11 is 0. The van der Waals surface area contributed by atoms with E-state index >= 15 is 0 Å². The first-order valence-electron chi connectivity index (χ1n) is 5.82. The van der Waals surface area contributed by atoms with Crippen LogP contribution in [0.15, 0.2) is 0 Å². The Balaban J connectivity index is -0.000000845. The molecule has 102 valence electrons. The molecular formula is C12H30I2N2. The molecule has 0 saturated heterocycles. The lowest BCUT2D eigenvalue weighted by Crippen LogP contribution is -3.00. The van der Waals surface area contributed by atoms with Gasteiger partial charge in [0.15, 0.2) is 0 Å². The summed E-state index contributed by atoms with van der Waals surface area (Å²) in [6.07, 6.45) is 5.55. The number of rotatable bonds is 7. The molecule has 0 aliphatic carbocycles. The standard InChI is InChI=1S/C12H30N2.2HI/c1-13(2,3)11-9-7-8-10-12-14(4,5)6;;/h7-12H2,1-6H3;2*1H/q+2;;/p-2/i1+2,4+2;;. The Morgan fingerprint density at radius 2 is 0.875 bits per heavy atom. The van der Waals surface area contributed by atoms with Crippen LogP contribution >= 0.6 is 0 Å². The van der Waals surface area contributed by atoms with Crippen LogP contribution in [0.25, 0.3) is 0 Å². The molecular weight excluding hydrogens is 430 g/mol. The third kappa shape index (κ3) is 20.8. The molecule has 0 aromatic carbocycles. The van der Waals surface area contributed by atoms with Gasteiger partial charge in [0.1, 0.15) is 0 Å². The summed E-state index contributed by atoms with van der Waals surface area (Å²) in [6.45, 7) is 2.62. The van der Waals surface area contributed by atoms with Gasteiger partial charge < -0.3 is 56.9 Å². The average molecular weight is 460 g/mol. The van der Waals surface area contributed by atoms with Gasteiger partial charge in [0.05, 0.1) is 55.4 Å². The molecule has 0 heterocycles. The summed E-state index contributed by atoms with van der Waals surface area (Å²) in [5.74, 6) is 0. The van der Waals surface area contributed by atoms with Gasteiger partial charge in [0.2, 0.25) is 0 Å². The van der Waals surface area contributed by atoms with Gasteiger partial charge in [-0.05, 0) is 25.7 Å². The molecule has 2 nitrogen and oxygen atoms in total. The number of nitrogens with zero attached hydrogens (tertiary/aromatic N) is 2. The summed E-state index contributed by atoms with van der Waals surface area (Å²) in [7, 11) is 13.6. The number of hydrogen-bond acceptors (Lipinski definition) is 0. The maximum absolute atomic E-state index is 2.27. The molecule has 0 bridgehead atoms. The first-order valence-corrected chi connectivity index (χ1v) is 5.82. The van der Waals surface area contributed by atoms with Crippen LogP contribution in [-0.4, -0.2) is 64.3 Å². The van der Waals surface area contributed by atoms with Gasteiger partial charge in [0, 0.05) is 0 Å². The second-order valence-electron chi connectivity index (χ2n) is 6.44. The van der Waals surface area contributed by atoms with Gasteiger partial charge in [-0.25, -0.2) is 0 Å². The van der Waals surface area contributed by atoms with Crippen molar-refractivity contribution >= 4 is 0 Å². The fourth-order valence-electron chi connectivity index (χ4n) is 1.53. The molecule has 0 rings (SSSR count). The smallest absolute Gasteiger partial charge is 0.0780 e. The molecule has 0 aliphatic heterocycles. The molecule has 0 N–H and O–H groups in total. The van der Waals surface area contributed by atoms with E-state index in [4.69, 9.17) is 0 Å². The number of quaternary nitrogens is 2. The lowest BCUT2D eigenvalue weighted by Gasteiger charge is -2.25. The quantitative estimate of drug-likeness (QED) is 0.207. The lowest BCUT2D eigenvalue weighted by atomic mass is 10.2. The van der Waals surface area contributed by atoms with Crippen molar-refractivity contribution in [3.8, 4) is 0 Å². The van der Waals surface area contributed by atoms with Crippen LogP contribution < -0.4 is 48.0 Å².